The normalized spacial score (nSPS) is 12.4. The molecule has 0 saturated heterocycles. The van der Waals surface area contributed by atoms with Gasteiger partial charge in [0.15, 0.2) is 0 Å². The van der Waals surface area contributed by atoms with Gasteiger partial charge in [0.25, 0.3) is 0 Å². The van der Waals surface area contributed by atoms with Gasteiger partial charge < -0.3 is 10.2 Å². The Kier molecular flexibility index (Phi) is 9.79. The van der Waals surface area contributed by atoms with Crippen molar-refractivity contribution >= 4 is 50.7 Å². The molecule has 2 rings (SSSR count). The molecule has 1 atom stereocenters. The number of hydrogen-bond acceptors (Lipinski definition) is 4. The fraction of sp³-hybridized carbons (Fsp3) is 0.417. The van der Waals surface area contributed by atoms with Crippen LogP contribution in [0.3, 0.4) is 0 Å². The summed E-state index contributed by atoms with van der Waals surface area (Å²) in [5.41, 5.74) is 2.04. The van der Waals surface area contributed by atoms with Gasteiger partial charge in [0.1, 0.15) is 12.6 Å². The number of amides is 2. The fourth-order valence-electron chi connectivity index (χ4n) is 3.53. The molecule has 2 aromatic rings. The first kappa shape index (κ1) is 28.0. The van der Waals surface area contributed by atoms with Crippen molar-refractivity contribution in [1.29, 1.82) is 0 Å². The molecule has 0 radical (unpaired) electrons. The average molecular weight is 529 g/mol. The first-order valence-corrected chi connectivity index (χ1v) is 13.5. The molecule has 0 aliphatic heterocycles. The third kappa shape index (κ3) is 7.35. The molecule has 0 bridgehead atoms. The van der Waals surface area contributed by atoms with Crippen molar-refractivity contribution in [2.45, 2.75) is 52.7 Å². The molecule has 0 saturated carbocycles. The van der Waals surface area contributed by atoms with E-state index in [4.69, 9.17) is 23.2 Å². The molecule has 0 aliphatic rings. The van der Waals surface area contributed by atoms with E-state index in [1.807, 2.05) is 52.0 Å². The summed E-state index contributed by atoms with van der Waals surface area (Å²) < 4.78 is 26.2. The summed E-state index contributed by atoms with van der Waals surface area (Å²) in [5, 5.41) is 3.29. The van der Waals surface area contributed by atoms with Crippen LogP contribution in [0.25, 0.3) is 0 Å². The van der Waals surface area contributed by atoms with Crippen LogP contribution in [0.15, 0.2) is 42.5 Å². The lowest BCUT2D eigenvalue weighted by Crippen LogP contribution is -2.53. The maximum Gasteiger partial charge on any atom is 0.244 e. The Morgan fingerprint density at radius 2 is 1.71 bits per heavy atom. The van der Waals surface area contributed by atoms with Crippen LogP contribution in [-0.4, -0.2) is 50.0 Å². The third-order valence-electron chi connectivity index (χ3n) is 5.29. The molecule has 0 spiro atoms. The van der Waals surface area contributed by atoms with Gasteiger partial charge in [0.05, 0.1) is 22.0 Å². The minimum absolute atomic E-state index is 0.110. The Balaban J connectivity index is 2.48. The second-order valence-corrected chi connectivity index (χ2v) is 11.1. The topological polar surface area (TPSA) is 86.8 Å². The van der Waals surface area contributed by atoms with Crippen LogP contribution >= 0.6 is 23.2 Å². The molecule has 7 nitrogen and oxygen atoms in total. The highest BCUT2D eigenvalue weighted by molar-refractivity contribution is 7.92. The predicted molar refractivity (Wildman–Crippen MR) is 138 cm³/mol. The second-order valence-electron chi connectivity index (χ2n) is 8.40. The minimum Gasteiger partial charge on any atom is -0.352 e. The molecule has 0 aromatic heterocycles. The molecule has 2 aromatic carbocycles. The van der Waals surface area contributed by atoms with E-state index in [-0.39, 0.29) is 34.2 Å². The third-order valence-corrected chi connectivity index (χ3v) is 7.17. The van der Waals surface area contributed by atoms with Crippen LogP contribution in [0.5, 0.6) is 0 Å². The van der Waals surface area contributed by atoms with E-state index in [9.17, 15) is 18.0 Å². The molecule has 1 N–H and O–H groups in total. The number of hydrogen-bond donors (Lipinski definition) is 1. The largest absolute Gasteiger partial charge is 0.352 e. The van der Waals surface area contributed by atoms with Crippen molar-refractivity contribution in [3.05, 3.63) is 63.6 Å². The van der Waals surface area contributed by atoms with E-state index in [2.05, 4.69) is 5.32 Å². The number of nitrogens with one attached hydrogen (secondary N) is 1. The minimum atomic E-state index is -3.85. The summed E-state index contributed by atoms with van der Waals surface area (Å²) in [6.45, 7) is 7.09. The Morgan fingerprint density at radius 3 is 2.24 bits per heavy atom. The lowest BCUT2D eigenvalue weighted by atomic mass is 10.1. The van der Waals surface area contributed by atoms with E-state index < -0.39 is 28.5 Å². The number of benzene rings is 2. The van der Waals surface area contributed by atoms with Crippen LogP contribution < -0.4 is 9.62 Å². The van der Waals surface area contributed by atoms with Crippen LogP contribution in [0.1, 0.15) is 38.3 Å². The van der Waals surface area contributed by atoms with Crippen LogP contribution in [0.2, 0.25) is 10.0 Å². The van der Waals surface area contributed by atoms with E-state index in [0.29, 0.717) is 6.42 Å². The molecule has 0 aliphatic carbocycles. The van der Waals surface area contributed by atoms with Crippen molar-refractivity contribution < 1.29 is 18.0 Å². The Hall–Kier alpha value is -2.29. The summed E-state index contributed by atoms with van der Waals surface area (Å²) in [6.07, 6.45) is 1.37. The first-order chi connectivity index (χ1) is 15.8. The molecule has 10 heteroatoms. The average Bonchev–Trinajstić information content (AvgIpc) is 2.73. The zero-order chi connectivity index (χ0) is 25.6. The zero-order valence-electron chi connectivity index (χ0n) is 20.0. The van der Waals surface area contributed by atoms with Crippen LogP contribution in [-0.2, 0) is 26.2 Å². The van der Waals surface area contributed by atoms with E-state index in [0.717, 1.165) is 21.7 Å². The smallest absolute Gasteiger partial charge is 0.244 e. The van der Waals surface area contributed by atoms with Crippen molar-refractivity contribution in [3.63, 3.8) is 0 Å². The van der Waals surface area contributed by atoms with Crippen molar-refractivity contribution in [3.8, 4) is 0 Å². The van der Waals surface area contributed by atoms with E-state index in [1.54, 1.807) is 0 Å². The van der Waals surface area contributed by atoms with Gasteiger partial charge in [0, 0.05) is 12.6 Å². The van der Waals surface area contributed by atoms with Gasteiger partial charge in [-0.1, -0.05) is 54.4 Å². The second kappa shape index (κ2) is 11.9. The molecule has 1 unspecified atom stereocenters. The summed E-state index contributed by atoms with van der Waals surface area (Å²) in [7, 11) is -3.85. The van der Waals surface area contributed by atoms with Gasteiger partial charge >= 0.3 is 0 Å². The van der Waals surface area contributed by atoms with Crippen molar-refractivity contribution in [1.82, 2.24) is 10.2 Å². The highest BCUT2D eigenvalue weighted by Crippen LogP contribution is 2.28. The lowest BCUT2D eigenvalue weighted by Gasteiger charge is -2.33. The number of aryl methyl sites for hydroxylation is 1. The summed E-state index contributed by atoms with van der Waals surface area (Å²) in [5.74, 6) is -0.801. The summed E-state index contributed by atoms with van der Waals surface area (Å²) >= 11 is 12.1. The van der Waals surface area contributed by atoms with Gasteiger partial charge in [-0.05, 0) is 56.5 Å². The zero-order valence-corrected chi connectivity index (χ0v) is 22.3. The monoisotopic (exact) mass is 527 g/mol. The number of halogens is 2. The van der Waals surface area contributed by atoms with Gasteiger partial charge in [-0.3, -0.25) is 13.9 Å². The maximum absolute atomic E-state index is 13.6. The number of anilines is 1. The van der Waals surface area contributed by atoms with Crippen molar-refractivity contribution in [2.24, 2.45) is 0 Å². The molecule has 0 heterocycles. The fourth-order valence-corrected chi connectivity index (χ4v) is 4.66. The predicted octanol–water partition coefficient (Wildman–Crippen LogP) is 4.40. The van der Waals surface area contributed by atoms with E-state index >= 15 is 0 Å². The number of nitrogens with zero attached hydrogens (tertiary/aromatic N) is 2. The van der Waals surface area contributed by atoms with Gasteiger partial charge in [0.2, 0.25) is 21.8 Å². The summed E-state index contributed by atoms with van der Waals surface area (Å²) in [4.78, 5) is 28.0. The molecular weight excluding hydrogens is 497 g/mol. The number of sulfonamides is 1. The molecular formula is C24H31Cl2N3O4S. The molecule has 0 fully saturated rings. The van der Waals surface area contributed by atoms with Gasteiger partial charge in [-0.25, -0.2) is 8.42 Å². The lowest BCUT2D eigenvalue weighted by molar-refractivity contribution is -0.140. The van der Waals surface area contributed by atoms with E-state index in [1.165, 1.54) is 23.1 Å². The maximum atomic E-state index is 13.6. The molecule has 2 amide bonds. The number of carbonyl (C=O) groups is 2. The summed E-state index contributed by atoms with van der Waals surface area (Å²) in [6, 6.07) is 11.0. The Morgan fingerprint density at radius 1 is 1.06 bits per heavy atom. The van der Waals surface area contributed by atoms with Crippen molar-refractivity contribution in [2.75, 3.05) is 17.1 Å². The Labute approximate surface area is 212 Å². The first-order valence-electron chi connectivity index (χ1n) is 10.9. The van der Waals surface area contributed by atoms with Crippen LogP contribution in [0, 0.1) is 6.92 Å². The SMILES string of the molecule is CCC(C(=O)NC(C)C)N(Cc1ccccc1C)C(=O)CN(c1ccc(Cl)c(Cl)c1)S(C)(=O)=O. The highest BCUT2D eigenvalue weighted by Gasteiger charge is 2.32. The number of rotatable bonds is 10. The molecule has 186 valence electrons. The van der Waals surface area contributed by atoms with Gasteiger partial charge in [-0.2, -0.15) is 0 Å². The Bertz CT molecular complexity index is 1140. The number of carbonyl (C=O) groups excluding carboxylic acids is 2. The quantitative estimate of drug-likeness (QED) is 0.495. The standard InChI is InChI=1S/C24H31Cl2N3O4S/c1-6-22(24(31)27-16(2)3)28(14-18-10-8-7-9-17(18)4)23(30)15-29(34(5,32)33)19-11-12-20(25)21(26)13-19/h7-13,16,22H,6,14-15H2,1-5H3,(H,27,31). The van der Waals surface area contributed by atoms with Gasteiger partial charge in [-0.15, -0.1) is 0 Å². The highest BCUT2D eigenvalue weighted by atomic mass is 35.5. The van der Waals surface area contributed by atoms with Crippen LogP contribution in [0.4, 0.5) is 5.69 Å². The molecule has 34 heavy (non-hydrogen) atoms.